The Hall–Kier alpha value is -1.14. The molecule has 1 N–H and O–H groups in total. The van der Waals surface area contributed by atoms with Crippen LogP contribution in [0.5, 0.6) is 5.75 Å². The fourth-order valence-electron chi connectivity index (χ4n) is 2.11. The van der Waals surface area contributed by atoms with Crippen molar-refractivity contribution in [1.29, 1.82) is 0 Å². The lowest BCUT2D eigenvalue weighted by molar-refractivity contribution is 0.225. The maximum Gasteiger partial charge on any atom is 0.154 e. The predicted octanol–water partition coefficient (Wildman–Crippen LogP) is 1.07. The second-order valence-corrected chi connectivity index (χ2v) is 7.05. The molecule has 6 heteroatoms. The number of nitrogens with one attached hydrogen (secondary N) is 1. The number of aryl methyl sites for hydroxylation is 1. The van der Waals surface area contributed by atoms with Gasteiger partial charge < -0.3 is 10.1 Å². The van der Waals surface area contributed by atoms with Crippen molar-refractivity contribution in [2.75, 3.05) is 18.1 Å². The molecule has 0 saturated carbocycles. The van der Waals surface area contributed by atoms with Crippen LogP contribution in [-0.4, -0.2) is 37.6 Å². The number of ether oxygens (including phenoxy) is 1. The van der Waals surface area contributed by atoms with E-state index in [2.05, 4.69) is 10.3 Å². The summed E-state index contributed by atoms with van der Waals surface area (Å²) in [6.07, 6.45) is 0.325. The summed E-state index contributed by atoms with van der Waals surface area (Å²) in [5.41, 5.74) is 1.77. The smallest absolute Gasteiger partial charge is 0.154 e. The summed E-state index contributed by atoms with van der Waals surface area (Å²) in [6.45, 7) is 5.44. The molecule has 2 rings (SSSR count). The standard InChI is InChI=1S/C13H20N2O3S/c1-3-14-8-12-13(5-4-10(2)15-12)18-11-6-7-19(16,17)9-11/h4-5,11,14H,3,6-9H2,1-2H3. The summed E-state index contributed by atoms with van der Waals surface area (Å²) in [4.78, 5) is 4.45. The van der Waals surface area contributed by atoms with Gasteiger partial charge >= 0.3 is 0 Å². The van der Waals surface area contributed by atoms with Crippen molar-refractivity contribution in [3.63, 3.8) is 0 Å². The van der Waals surface area contributed by atoms with Gasteiger partial charge in [0.25, 0.3) is 0 Å². The molecule has 0 spiro atoms. The molecule has 0 aromatic carbocycles. The molecule has 1 atom stereocenters. The molecular weight excluding hydrogens is 264 g/mol. The second-order valence-electron chi connectivity index (χ2n) is 4.82. The van der Waals surface area contributed by atoms with E-state index in [1.54, 1.807) is 0 Å². The third kappa shape index (κ3) is 3.91. The first-order valence-corrected chi connectivity index (χ1v) is 8.36. The lowest BCUT2D eigenvalue weighted by Gasteiger charge is -2.15. The van der Waals surface area contributed by atoms with Crippen LogP contribution in [0.4, 0.5) is 0 Å². The van der Waals surface area contributed by atoms with E-state index in [1.165, 1.54) is 0 Å². The van der Waals surface area contributed by atoms with Gasteiger partial charge in [-0.15, -0.1) is 0 Å². The zero-order valence-corrected chi connectivity index (χ0v) is 12.2. The van der Waals surface area contributed by atoms with E-state index in [0.717, 1.165) is 17.9 Å². The first-order chi connectivity index (χ1) is 9.00. The summed E-state index contributed by atoms with van der Waals surface area (Å²) in [7, 11) is -2.91. The average Bonchev–Trinajstić information content (AvgIpc) is 2.69. The highest BCUT2D eigenvalue weighted by molar-refractivity contribution is 7.91. The van der Waals surface area contributed by atoms with Gasteiger partial charge in [-0.2, -0.15) is 0 Å². The average molecular weight is 284 g/mol. The van der Waals surface area contributed by atoms with Crippen molar-refractivity contribution in [1.82, 2.24) is 10.3 Å². The number of rotatable bonds is 5. The summed E-state index contributed by atoms with van der Waals surface area (Å²) >= 11 is 0. The zero-order chi connectivity index (χ0) is 13.9. The van der Waals surface area contributed by atoms with E-state index < -0.39 is 9.84 Å². The Morgan fingerprint density at radius 3 is 2.89 bits per heavy atom. The van der Waals surface area contributed by atoms with Crippen LogP contribution in [0, 0.1) is 6.92 Å². The Labute approximate surface area is 114 Å². The van der Waals surface area contributed by atoms with Gasteiger partial charge in [0.15, 0.2) is 9.84 Å². The SMILES string of the molecule is CCNCc1nc(C)ccc1OC1CCS(=O)(=O)C1. The molecule has 19 heavy (non-hydrogen) atoms. The largest absolute Gasteiger partial charge is 0.487 e. The highest BCUT2D eigenvalue weighted by Crippen LogP contribution is 2.23. The Morgan fingerprint density at radius 2 is 2.26 bits per heavy atom. The maximum atomic E-state index is 11.4. The minimum absolute atomic E-state index is 0.113. The number of hydrogen-bond donors (Lipinski definition) is 1. The normalized spacial score (nSPS) is 21.5. The van der Waals surface area contributed by atoms with Crippen LogP contribution >= 0.6 is 0 Å². The highest BCUT2D eigenvalue weighted by Gasteiger charge is 2.29. The first kappa shape index (κ1) is 14.3. The predicted molar refractivity (Wildman–Crippen MR) is 74.0 cm³/mol. The number of hydrogen-bond acceptors (Lipinski definition) is 5. The van der Waals surface area contributed by atoms with Crippen molar-refractivity contribution < 1.29 is 13.2 Å². The van der Waals surface area contributed by atoms with Crippen LogP contribution in [0.25, 0.3) is 0 Å². The molecular formula is C13H20N2O3S. The summed E-state index contributed by atoms with van der Waals surface area (Å²) in [5, 5.41) is 3.21. The monoisotopic (exact) mass is 284 g/mol. The van der Waals surface area contributed by atoms with Gasteiger partial charge in [-0.3, -0.25) is 4.98 Å². The van der Waals surface area contributed by atoms with Gasteiger partial charge in [-0.25, -0.2) is 8.42 Å². The van der Waals surface area contributed by atoms with E-state index in [1.807, 2.05) is 26.0 Å². The van der Waals surface area contributed by atoms with Crippen molar-refractivity contribution in [2.24, 2.45) is 0 Å². The Bertz CT molecular complexity index is 543. The van der Waals surface area contributed by atoms with E-state index in [4.69, 9.17) is 4.74 Å². The van der Waals surface area contributed by atoms with Crippen molar-refractivity contribution in [3.05, 3.63) is 23.5 Å². The molecule has 0 aliphatic carbocycles. The fraction of sp³-hybridized carbons (Fsp3) is 0.615. The van der Waals surface area contributed by atoms with E-state index in [0.29, 0.717) is 18.7 Å². The molecule has 1 aliphatic rings. The second kappa shape index (κ2) is 5.88. The van der Waals surface area contributed by atoms with E-state index in [-0.39, 0.29) is 17.6 Å². The Morgan fingerprint density at radius 1 is 1.47 bits per heavy atom. The van der Waals surface area contributed by atoms with Gasteiger partial charge in [0, 0.05) is 12.2 Å². The fourth-order valence-corrected chi connectivity index (χ4v) is 3.70. The number of pyridine rings is 1. The molecule has 1 unspecified atom stereocenters. The van der Waals surface area contributed by atoms with Gasteiger partial charge in [0.05, 0.1) is 17.2 Å². The van der Waals surface area contributed by atoms with Crippen LogP contribution in [0.15, 0.2) is 12.1 Å². The van der Waals surface area contributed by atoms with Gasteiger partial charge in [0.2, 0.25) is 0 Å². The maximum absolute atomic E-state index is 11.4. The topological polar surface area (TPSA) is 68.3 Å². The number of nitrogens with zero attached hydrogens (tertiary/aromatic N) is 1. The van der Waals surface area contributed by atoms with Crippen molar-refractivity contribution in [2.45, 2.75) is 32.9 Å². The molecule has 1 aromatic rings. The minimum Gasteiger partial charge on any atom is -0.487 e. The molecule has 0 bridgehead atoms. The van der Waals surface area contributed by atoms with Crippen LogP contribution in [0.3, 0.4) is 0 Å². The summed E-state index contributed by atoms with van der Waals surface area (Å²) in [6, 6.07) is 3.76. The third-order valence-corrected chi connectivity index (χ3v) is 4.84. The van der Waals surface area contributed by atoms with Gasteiger partial charge in [-0.1, -0.05) is 6.92 Å². The first-order valence-electron chi connectivity index (χ1n) is 6.54. The van der Waals surface area contributed by atoms with Gasteiger partial charge in [0.1, 0.15) is 11.9 Å². The Balaban J connectivity index is 2.11. The lowest BCUT2D eigenvalue weighted by atomic mass is 10.2. The van der Waals surface area contributed by atoms with Gasteiger partial charge in [-0.05, 0) is 32.0 Å². The highest BCUT2D eigenvalue weighted by atomic mass is 32.2. The molecule has 0 radical (unpaired) electrons. The Kier molecular flexibility index (Phi) is 4.42. The van der Waals surface area contributed by atoms with Crippen LogP contribution in [0.1, 0.15) is 24.7 Å². The summed E-state index contributed by atoms with van der Waals surface area (Å²) in [5.74, 6) is 1.02. The minimum atomic E-state index is -2.91. The lowest BCUT2D eigenvalue weighted by Crippen LogP contribution is -2.20. The molecule has 0 amide bonds. The molecule has 2 heterocycles. The molecule has 1 saturated heterocycles. The molecule has 5 nitrogen and oxygen atoms in total. The van der Waals surface area contributed by atoms with Crippen molar-refractivity contribution in [3.8, 4) is 5.75 Å². The zero-order valence-electron chi connectivity index (χ0n) is 11.3. The molecule has 1 aliphatic heterocycles. The van der Waals surface area contributed by atoms with E-state index >= 15 is 0 Å². The third-order valence-electron chi connectivity index (χ3n) is 3.10. The van der Waals surface area contributed by atoms with E-state index in [9.17, 15) is 8.42 Å². The van der Waals surface area contributed by atoms with Crippen LogP contribution in [-0.2, 0) is 16.4 Å². The van der Waals surface area contributed by atoms with Crippen molar-refractivity contribution >= 4 is 9.84 Å². The van der Waals surface area contributed by atoms with Crippen LogP contribution in [0.2, 0.25) is 0 Å². The summed E-state index contributed by atoms with van der Waals surface area (Å²) < 4.78 is 28.7. The molecule has 1 fully saturated rings. The number of sulfone groups is 1. The molecule has 1 aromatic heterocycles. The molecule has 106 valence electrons. The number of aromatic nitrogens is 1. The van der Waals surface area contributed by atoms with Crippen LogP contribution < -0.4 is 10.1 Å². The quantitative estimate of drug-likeness (QED) is 0.876.